The zero-order valence-corrected chi connectivity index (χ0v) is 7.79. The first-order valence-electron chi connectivity index (χ1n) is 4.62. The van der Waals surface area contributed by atoms with Crippen molar-refractivity contribution in [2.75, 3.05) is 6.54 Å². The van der Waals surface area contributed by atoms with Crippen LogP contribution in [0.5, 0.6) is 0 Å². The number of nitrogens with two attached hydrogens (primary N) is 1. The molecule has 2 rings (SSSR count). The Balaban J connectivity index is 1.84. The smallest absolute Gasteiger partial charge is 0.288 e. The second kappa shape index (κ2) is 3.38. The van der Waals surface area contributed by atoms with Crippen LogP contribution in [0.3, 0.4) is 0 Å². The number of hydrogen-bond acceptors (Lipinski definition) is 4. The van der Waals surface area contributed by atoms with Gasteiger partial charge < -0.3 is 11.1 Å². The fraction of sp³-hybridized carbons (Fsp3) is 0.625. The molecule has 1 saturated carbocycles. The van der Waals surface area contributed by atoms with Crippen LogP contribution >= 0.6 is 0 Å². The summed E-state index contributed by atoms with van der Waals surface area (Å²) >= 11 is 0. The Morgan fingerprint density at radius 3 is 3.00 bits per heavy atom. The van der Waals surface area contributed by atoms with Crippen LogP contribution in [0.4, 0.5) is 0 Å². The van der Waals surface area contributed by atoms with Crippen LogP contribution in [0, 0.1) is 0 Å². The summed E-state index contributed by atoms with van der Waals surface area (Å²) in [7, 11) is 0. The summed E-state index contributed by atoms with van der Waals surface area (Å²) in [5.41, 5.74) is 5.74. The van der Waals surface area contributed by atoms with Gasteiger partial charge in [0.2, 0.25) is 5.82 Å². The fourth-order valence-electron chi connectivity index (χ4n) is 1.46. The van der Waals surface area contributed by atoms with Crippen molar-refractivity contribution in [1.82, 2.24) is 20.5 Å². The van der Waals surface area contributed by atoms with E-state index in [0.717, 1.165) is 19.3 Å². The molecule has 0 saturated heterocycles. The van der Waals surface area contributed by atoms with Crippen LogP contribution in [0.2, 0.25) is 0 Å². The van der Waals surface area contributed by atoms with Gasteiger partial charge in [-0.1, -0.05) is 0 Å². The Labute approximate surface area is 81.3 Å². The minimum Gasteiger partial charge on any atom is -0.347 e. The summed E-state index contributed by atoms with van der Waals surface area (Å²) < 4.78 is 0. The van der Waals surface area contributed by atoms with Gasteiger partial charge in [0.25, 0.3) is 5.91 Å². The molecule has 0 atom stereocenters. The summed E-state index contributed by atoms with van der Waals surface area (Å²) in [5.74, 6) is -0.0212. The molecule has 1 amide bonds. The van der Waals surface area contributed by atoms with E-state index >= 15 is 0 Å². The summed E-state index contributed by atoms with van der Waals surface area (Å²) in [6.07, 6.45) is 4.40. The standard InChI is InChI=1S/C8H13N5O/c9-8(2-1-3-8)4-10-7(14)6-11-5-12-13-6/h5H,1-4,9H2,(H,10,14)(H,11,12,13). The molecule has 6 heteroatoms. The van der Waals surface area contributed by atoms with Crippen LogP contribution in [0.1, 0.15) is 29.9 Å². The monoisotopic (exact) mass is 195 g/mol. The zero-order valence-electron chi connectivity index (χ0n) is 7.79. The second-order valence-corrected chi connectivity index (χ2v) is 3.73. The van der Waals surface area contributed by atoms with Crippen LogP contribution in [0.15, 0.2) is 6.33 Å². The highest BCUT2D eigenvalue weighted by Gasteiger charge is 2.32. The van der Waals surface area contributed by atoms with Crippen molar-refractivity contribution in [3.05, 3.63) is 12.2 Å². The van der Waals surface area contributed by atoms with Gasteiger partial charge in [-0.25, -0.2) is 4.98 Å². The molecule has 1 aromatic rings. The zero-order chi connectivity index (χ0) is 10.0. The maximum atomic E-state index is 11.4. The molecule has 0 unspecified atom stereocenters. The third kappa shape index (κ3) is 1.74. The first kappa shape index (κ1) is 9.14. The van der Waals surface area contributed by atoms with Crippen molar-refractivity contribution in [3.63, 3.8) is 0 Å². The largest absolute Gasteiger partial charge is 0.347 e. The van der Waals surface area contributed by atoms with E-state index in [2.05, 4.69) is 20.5 Å². The maximum Gasteiger partial charge on any atom is 0.288 e. The predicted octanol–water partition coefficient (Wildman–Crippen LogP) is -0.584. The lowest BCUT2D eigenvalue weighted by molar-refractivity contribution is 0.0920. The second-order valence-electron chi connectivity index (χ2n) is 3.73. The van der Waals surface area contributed by atoms with E-state index < -0.39 is 0 Å². The molecule has 14 heavy (non-hydrogen) atoms. The fourth-order valence-corrected chi connectivity index (χ4v) is 1.46. The van der Waals surface area contributed by atoms with Gasteiger partial charge in [0, 0.05) is 12.1 Å². The molecule has 4 N–H and O–H groups in total. The van der Waals surface area contributed by atoms with E-state index in [1.54, 1.807) is 0 Å². The lowest BCUT2D eigenvalue weighted by atomic mass is 9.78. The molecule has 0 spiro atoms. The van der Waals surface area contributed by atoms with Gasteiger partial charge in [-0.15, -0.1) is 0 Å². The molecular weight excluding hydrogens is 182 g/mol. The lowest BCUT2D eigenvalue weighted by Crippen LogP contribution is -2.55. The van der Waals surface area contributed by atoms with Gasteiger partial charge >= 0.3 is 0 Å². The SMILES string of the molecule is NC1(CNC(=O)c2ncn[nH]2)CCC1. The number of nitrogens with zero attached hydrogens (tertiary/aromatic N) is 2. The van der Waals surface area contributed by atoms with Crippen molar-refractivity contribution in [2.45, 2.75) is 24.8 Å². The normalized spacial score (nSPS) is 18.6. The van der Waals surface area contributed by atoms with Gasteiger partial charge in [0.05, 0.1) is 0 Å². The number of hydrogen-bond donors (Lipinski definition) is 3. The Bertz CT molecular complexity index is 316. The van der Waals surface area contributed by atoms with E-state index in [1.807, 2.05) is 0 Å². The molecule has 1 aliphatic carbocycles. The number of aromatic amines is 1. The molecule has 0 aliphatic heterocycles. The summed E-state index contributed by atoms with van der Waals surface area (Å²) in [6.45, 7) is 0.506. The Hall–Kier alpha value is -1.43. The molecule has 0 aromatic carbocycles. The summed E-state index contributed by atoms with van der Waals surface area (Å²) in [5, 5.41) is 8.82. The third-order valence-electron chi connectivity index (χ3n) is 2.58. The number of aromatic nitrogens is 3. The predicted molar refractivity (Wildman–Crippen MR) is 49.5 cm³/mol. The molecule has 6 nitrogen and oxygen atoms in total. The number of nitrogens with one attached hydrogen (secondary N) is 2. The van der Waals surface area contributed by atoms with Crippen LogP contribution in [-0.4, -0.2) is 33.2 Å². The highest BCUT2D eigenvalue weighted by atomic mass is 16.2. The summed E-state index contributed by atoms with van der Waals surface area (Å²) in [4.78, 5) is 15.1. The molecular formula is C8H13N5O. The van der Waals surface area contributed by atoms with Crippen LogP contribution < -0.4 is 11.1 Å². The van der Waals surface area contributed by atoms with Gasteiger partial charge in [-0.05, 0) is 19.3 Å². The topological polar surface area (TPSA) is 96.7 Å². The Kier molecular flexibility index (Phi) is 2.20. The minimum atomic E-state index is -0.251. The van der Waals surface area contributed by atoms with Crippen LogP contribution in [-0.2, 0) is 0 Å². The Morgan fingerprint density at radius 2 is 2.50 bits per heavy atom. The first-order chi connectivity index (χ1) is 6.70. The number of rotatable bonds is 3. The van der Waals surface area contributed by atoms with Crippen molar-refractivity contribution in [2.24, 2.45) is 5.73 Å². The van der Waals surface area contributed by atoms with E-state index in [9.17, 15) is 4.79 Å². The summed E-state index contributed by atoms with van der Waals surface area (Å²) in [6, 6.07) is 0. The molecule has 1 heterocycles. The quantitative estimate of drug-likeness (QED) is 0.601. The maximum absolute atomic E-state index is 11.4. The van der Waals surface area contributed by atoms with Gasteiger partial charge in [0.15, 0.2) is 0 Å². The highest BCUT2D eigenvalue weighted by molar-refractivity contribution is 5.90. The van der Waals surface area contributed by atoms with Gasteiger partial charge in [0.1, 0.15) is 6.33 Å². The van der Waals surface area contributed by atoms with E-state index in [0.29, 0.717) is 6.54 Å². The average molecular weight is 195 g/mol. The lowest BCUT2D eigenvalue weighted by Gasteiger charge is -2.37. The van der Waals surface area contributed by atoms with Crippen molar-refractivity contribution in [3.8, 4) is 0 Å². The van der Waals surface area contributed by atoms with Gasteiger partial charge in [-0.3, -0.25) is 9.89 Å². The molecule has 1 aliphatic rings. The highest BCUT2D eigenvalue weighted by Crippen LogP contribution is 2.27. The van der Waals surface area contributed by atoms with E-state index in [4.69, 9.17) is 5.73 Å². The first-order valence-corrected chi connectivity index (χ1v) is 4.62. The molecule has 76 valence electrons. The number of carbonyl (C=O) groups excluding carboxylic acids is 1. The van der Waals surface area contributed by atoms with Gasteiger partial charge in [-0.2, -0.15) is 5.10 Å². The molecule has 1 fully saturated rings. The van der Waals surface area contributed by atoms with Crippen molar-refractivity contribution in [1.29, 1.82) is 0 Å². The average Bonchev–Trinajstić information content (AvgIpc) is 2.63. The number of amides is 1. The van der Waals surface area contributed by atoms with E-state index in [1.165, 1.54) is 6.33 Å². The van der Waals surface area contributed by atoms with Crippen molar-refractivity contribution < 1.29 is 4.79 Å². The van der Waals surface area contributed by atoms with E-state index in [-0.39, 0.29) is 17.3 Å². The van der Waals surface area contributed by atoms with Crippen LogP contribution in [0.25, 0.3) is 0 Å². The Morgan fingerprint density at radius 1 is 1.71 bits per heavy atom. The third-order valence-corrected chi connectivity index (χ3v) is 2.58. The molecule has 0 bridgehead atoms. The number of H-pyrrole nitrogens is 1. The number of carbonyl (C=O) groups is 1. The molecule has 0 radical (unpaired) electrons. The van der Waals surface area contributed by atoms with Crippen molar-refractivity contribution >= 4 is 5.91 Å². The minimum absolute atomic E-state index is 0.199. The molecule has 1 aromatic heterocycles.